The molecule has 0 amide bonds. The Morgan fingerprint density at radius 2 is 1.05 bits per heavy atom. The molecule has 6 heterocycles. The number of halogens is 3. The highest BCUT2D eigenvalue weighted by molar-refractivity contribution is 6.35. The fourth-order valence-corrected chi connectivity index (χ4v) is 7.78. The summed E-state index contributed by atoms with van der Waals surface area (Å²) in [6.45, 7) is 10.0. The van der Waals surface area contributed by atoms with Crippen LogP contribution in [0.4, 0.5) is 27.1 Å². The predicted molar refractivity (Wildman–Crippen MR) is 254 cm³/mol. The Bertz CT molecular complexity index is 2800. The summed E-state index contributed by atoms with van der Waals surface area (Å²) in [4.78, 5) is 29.2. The third-order valence-corrected chi connectivity index (χ3v) is 11.5. The molecule has 2 aliphatic heterocycles. The minimum atomic E-state index is -0.373. The molecule has 2 aliphatic rings. The van der Waals surface area contributed by atoms with Gasteiger partial charge in [0.1, 0.15) is 53.2 Å². The molecule has 0 unspecified atom stereocenters. The van der Waals surface area contributed by atoms with E-state index in [0.29, 0.717) is 57.3 Å². The summed E-state index contributed by atoms with van der Waals surface area (Å²) in [6.07, 6.45) is 3.12. The molecule has 0 spiro atoms. The number of benzene rings is 4. The average molecular weight is 918 g/mol. The highest BCUT2D eigenvalue weighted by Crippen LogP contribution is 2.35. The van der Waals surface area contributed by atoms with Crippen LogP contribution in [0.1, 0.15) is 0 Å². The number of hydrogen-bond acceptors (Lipinski definition) is 12. The van der Waals surface area contributed by atoms with E-state index in [0.717, 1.165) is 111 Å². The van der Waals surface area contributed by atoms with Gasteiger partial charge in [0.15, 0.2) is 11.3 Å². The number of hydrogen-bond donors (Lipinski definition) is 4. The Kier molecular flexibility index (Phi) is 14.3. The number of H-pyrrole nitrogens is 2. The Morgan fingerprint density at radius 1 is 0.585 bits per heavy atom. The summed E-state index contributed by atoms with van der Waals surface area (Å²) in [5.74, 6) is 2.63. The topological polar surface area (TPSA) is 151 Å². The molecule has 65 heavy (non-hydrogen) atoms. The van der Waals surface area contributed by atoms with Crippen LogP contribution in [-0.2, 0) is 9.47 Å². The van der Waals surface area contributed by atoms with E-state index in [1.165, 1.54) is 12.3 Å². The van der Waals surface area contributed by atoms with E-state index in [-0.39, 0.29) is 5.82 Å². The van der Waals surface area contributed by atoms with Gasteiger partial charge in [0.05, 0.1) is 65.9 Å². The van der Waals surface area contributed by atoms with Gasteiger partial charge < -0.3 is 39.5 Å². The standard InChI is InChI=1S/C24H23ClFN5O2.C24H24ClN5O2/c25-18-15-27-24-22(21(18)28-20-4-2-1-3-19(20)26)29-23(30-24)16-5-7-17(8-6-16)33-14-11-31-9-12-32-13-10-31;25-20-16-26-24-22(21(20)27-18-4-2-1-3-5-18)28-23(29-24)17-6-8-19(9-7-17)32-15-12-30-10-13-31-14-11-30/h1-8,15H,9-14H2,(H2,27,28,29,30);1-9,16H,10-15H2,(H2,26,27,28,29). The number of para-hydroxylation sites is 2. The van der Waals surface area contributed by atoms with Crippen molar-refractivity contribution in [1.82, 2.24) is 39.7 Å². The predicted octanol–water partition coefficient (Wildman–Crippen LogP) is 9.60. The summed E-state index contributed by atoms with van der Waals surface area (Å²) < 4.78 is 36.7. The number of aromatic amines is 2. The number of ether oxygens (including phenoxy) is 4. The van der Waals surface area contributed by atoms with Gasteiger partial charge in [0.2, 0.25) is 0 Å². The molecule has 0 saturated carbocycles. The van der Waals surface area contributed by atoms with Crippen LogP contribution in [-0.4, -0.2) is 119 Å². The third-order valence-electron chi connectivity index (χ3n) is 10.9. The second-order valence-corrected chi connectivity index (χ2v) is 16.1. The maximum absolute atomic E-state index is 14.1. The maximum Gasteiger partial charge on any atom is 0.180 e. The monoisotopic (exact) mass is 916 g/mol. The Morgan fingerprint density at radius 3 is 1.54 bits per heavy atom. The van der Waals surface area contributed by atoms with Gasteiger partial charge in [0, 0.05) is 56.1 Å². The van der Waals surface area contributed by atoms with E-state index < -0.39 is 0 Å². The fourth-order valence-electron chi connectivity index (χ4n) is 7.40. The van der Waals surface area contributed by atoms with E-state index >= 15 is 0 Å². The van der Waals surface area contributed by atoms with Gasteiger partial charge in [-0.25, -0.2) is 24.3 Å². The van der Waals surface area contributed by atoms with Crippen molar-refractivity contribution in [3.05, 3.63) is 131 Å². The lowest BCUT2D eigenvalue weighted by molar-refractivity contribution is 0.0321. The van der Waals surface area contributed by atoms with Crippen molar-refractivity contribution >= 4 is 68.3 Å². The molecule has 2 saturated heterocycles. The molecule has 8 aromatic rings. The van der Waals surface area contributed by atoms with E-state index in [1.807, 2.05) is 78.9 Å². The molecular weight excluding hydrogens is 870 g/mol. The van der Waals surface area contributed by atoms with Gasteiger partial charge in [-0.3, -0.25) is 9.80 Å². The second-order valence-electron chi connectivity index (χ2n) is 15.3. The number of imidazole rings is 2. The summed E-state index contributed by atoms with van der Waals surface area (Å²) >= 11 is 12.8. The Labute approximate surface area is 385 Å². The molecule has 2 fully saturated rings. The molecule has 0 bridgehead atoms. The molecule has 14 nitrogen and oxygen atoms in total. The molecule has 17 heteroatoms. The van der Waals surface area contributed by atoms with Crippen LogP contribution in [0, 0.1) is 5.82 Å². The molecule has 334 valence electrons. The Hall–Kier alpha value is -6.33. The van der Waals surface area contributed by atoms with Gasteiger partial charge in [-0.15, -0.1) is 0 Å². The normalized spacial score (nSPS) is 14.5. The number of morpholine rings is 2. The van der Waals surface area contributed by atoms with Crippen molar-refractivity contribution < 1.29 is 23.3 Å². The Balaban J connectivity index is 0.000000164. The summed E-state index contributed by atoms with van der Waals surface area (Å²) in [6, 6.07) is 31.9. The lowest BCUT2D eigenvalue weighted by Gasteiger charge is -2.26. The van der Waals surface area contributed by atoms with Crippen LogP contribution in [0.2, 0.25) is 10.0 Å². The van der Waals surface area contributed by atoms with Gasteiger partial charge >= 0.3 is 0 Å². The van der Waals surface area contributed by atoms with Crippen LogP contribution in [0.3, 0.4) is 0 Å². The first-order chi connectivity index (χ1) is 31.9. The van der Waals surface area contributed by atoms with Gasteiger partial charge in [-0.05, 0) is 72.8 Å². The molecule has 0 radical (unpaired) electrons. The minimum absolute atomic E-state index is 0.321. The molecular formula is C48H47Cl2FN10O4. The van der Waals surface area contributed by atoms with Crippen LogP contribution < -0.4 is 20.1 Å². The highest BCUT2D eigenvalue weighted by Gasteiger charge is 2.17. The van der Waals surface area contributed by atoms with Gasteiger partial charge in [-0.2, -0.15) is 0 Å². The molecule has 10 rings (SSSR count). The lowest BCUT2D eigenvalue weighted by atomic mass is 10.2. The number of nitrogens with one attached hydrogen (secondary N) is 4. The van der Waals surface area contributed by atoms with Crippen molar-refractivity contribution in [2.75, 3.05) is 89.5 Å². The van der Waals surface area contributed by atoms with E-state index in [9.17, 15) is 4.39 Å². The molecule has 4 aromatic carbocycles. The fraction of sp³-hybridized carbons (Fsp3) is 0.250. The lowest BCUT2D eigenvalue weighted by Crippen LogP contribution is -2.38. The van der Waals surface area contributed by atoms with Crippen molar-refractivity contribution in [2.24, 2.45) is 0 Å². The number of rotatable bonds is 14. The minimum Gasteiger partial charge on any atom is -0.492 e. The average Bonchev–Trinajstić information content (AvgIpc) is 3.99. The number of anilines is 4. The van der Waals surface area contributed by atoms with E-state index in [4.69, 9.17) is 42.1 Å². The molecule has 4 N–H and O–H groups in total. The van der Waals surface area contributed by atoms with Crippen molar-refractivity contribution in [1.29, 1.82) is 0 Å². The van der Waals surface area contributed by atoms with Crippen LogP contribution in [0.15, 0.2) is 116 Å². The van der Waals surface area contributed by atoms with Crippen LogP contribution >= 0.6 is 23.2 Å². The largest absolute Gasteiger partial charge is 0.492 e. The van der Waals surface area contributed by atoms with E-state index in [1.54, 1.807) is 24.4 Å². The third kappa shape index (κ3) is 11.1. The van der Waals surface area contributed by atoms with Crippen molar-refractivity contribution in [2.45, 2.75) is 0 Å². The van der Waals surface area contributed by atoms with E-state index in [2.05, 4.69) is 50.3 Å². The SMILES string of the molecule is Clc1cnc2nc(-c3ccc(OCCN4CCOCC4)cc3)[nH]c2c1Nc1ccccc1.Fc1ccccc1Nc1c(Cl)cnc2nc(-c3ccc(OCCN4CCOCC4)cc3)[nH]c12. The zero-order chi connectivity index (χ0) is 44.4. The number of pyridine rings is 2. The zero-order valence-electron chi connectivity index (χ0n) is 35.4. The molecule has 0 atom stereocenters. The van der Waals surface area contributed by atoms with Crippen molar-refractivity contribution in [3.63, 3.8) is 0 Å². The summed E-state index contributed by atoms with van der Waals surface area (Å²) in [5, 5.41) is 7.32. The van der Waals surface area contributed by atoms with Gasteiger partial charge in [0.25, 0.3) is 0 Å². The first-order valence-electron chi connectivity index (χ1n) is 21.4. The molecule has 0 aliphatic carbocycles. The maximum atomic E-state index is 14.1. The first-order valence-corrected chi connectivity index (χ1v) is 22.2. The second kappa shape index (κ2) is 21.1. The zero-order valence-corrected chi connectivity index (χ0v) is 36.9. The number of nitrogens with zero attached hydrogens (tertiary/aromatic N) is 6. The number of aromatic nitrogens is 6. The smallest absolute Gasteiger partial charge is 0.180 e. The quantitative estimate of drug-likeness (QED) is 0.0823. The first kappa shape index (κ1) is 43.9. The number of fused-ring (bicyclic) bond motifs is 2. The van der Waals surface area contributed by atoms with Crippen molar-refractivity contribution in [3.8, 4) is 34.3 Å². The summed E-state index contributed by atoms with van der Waals surface area (Å²) in [5.41, 5.74) is 6.82. The summed E-state index contributed by atoms with van der Waals surface area (Å²) in [7, 11) is 0. The highest BCUT2D eigenvalue weighted by atomic mass is 35.5. The van der Waals surface area contributed by atoms with Crippen LogP contribution in [0.5, 0.6) is 11.5 Å². The molecule has 4 aromatic heterocycles. The van der Waals surface area contributed by atoms with Gasteiger partial charge in [-0.1, -0.05) is 53.5 Å². The van der Waals surface area contributed by atoms with Crippen LogP contribution in [0.25, 0.3) is 45.1 Å².